The summed E-state index contributed by atoms with van der Waals surface area (Å²) in [6.07, 6.45) is 0. The summed E-state index contributed by atoms with van der Waals surface area (Å²) in [7, 11) is 0. The van der Waals surface area contributed by atoms with Crippen LogP contribution in [0.15, 0.2) is 52.3 Å². The Labute approximate surface area is 112 Å². The van der Waals surface area contributed by atoms with Crippen molar-refractivity contribution < 1.29 is 13.6 Å². The molecule has 0 aliphatic rings. The highest BCUT2D eigenvalue weighted by Gasteiger charge is 2.11. The molecule has 0 N–H and O–H groups in total. The molecule has 0 aliphatic heterocycles. The molecule has 0 amide bonds. The number of benzene rings is 2. The van der Waals surface area contributed by atoms with E-state index in [-0.39, 0.29) is 11.4 Å². The van der Waals surface area contributed by atoms with Crippen molar-refractivity contribution in [2.45, 2.75) is 9.79 Å². The first-order chi connectivity index (χ1) is 8.56. The first-order valence-electron chi connectivity index (χ1n) is 4.99. The van der Waals surface area contributed by atoms with Crippen LogP contribution >= 0.6 is 23.4 Å². The normalized spacial score (nSPS) is 10.4. The van der Waals surface area contributed by atoms with Gasteiger partial charge in [-0.05, 0) is 54.1 Å². The van der Waals surface area contributed by atoms with Gasteiger partial charge in [0.2, 0.25) is 0 Å². The van der Waals surface area contributed by atoms with Gasteiger partial charge in [-0.1, -0.05) is 11.8 Å². The fraction of sp³-hybridized carbons (Fsp3) is 0. The molecule has 2 rings (SSSR count). The lowest BCUT2D eigenvalue weighted by atomic mass is 10.2. The van der Waals surface area contributed by atoms with Crippen LogP contribution in [-0.2, 0) is 0 Å². The second-order valence-corrected chi connectivity index (χ2v) is 4.93. The SMILES string of the molecule is O=C(Cl)c1cc(F)ccc1Sc1ccc(F)cc1. The van der Waals surface area contributed by atoms with Crippen LogP contribution in [0.3, 0.4) is 0 Å². The summed E-state index contributed by atoms with van der Waals surface area (Å²) in [5.41, 5.74) is 0.103. The number of rotatable bonds is 3. The lowest BCUT2D eigenvalue weighted by molar-refractivity contribution is 0.107. The van der Waals surface area contributed by atoms with Crippen molar-refractivity contribution >= 4 is 28.6 Å². The Kier molecular flexibility index (Phi) is 3.99. The molecule has 0 spiro atoms. The molecule has 5 heteroatoms. The lowest BCUT2D eigenvalue weighted by Crippen LogP contribution is -1.93. The molecule has 0 aromatic heterocycles. The summed E-state index contributed by atoms with van der Waals surface area (Å²) in [6, 6.07) is 9.58. The van der Waals surface area contributed by atoms with Gasteiger partial charge in [0.25, 0.3) is 5.24 Å². The summed E-state index contributed by atoms with van der Waals surface area (Å²) >= 11 is 6.61. The van der Waals surface area contributed by atoms with E-state index in [0.29, 0.717) is 4.90 Å². The van der Waals surface area contributed by atoms with Crippen LogP contribution in [0.1, 0.15) is 10.4 Å². The zero-order chi connectivity index (χ0) is 13.1. The van der Waals surface area contributed by atoms with Gasteiger partial charge in [0.05, 0.1) is 5.56 Å². The van der Waals surface area contributed by atoms with E-state index in [1.807, 2.05) is 0 Å². The van der Waals surface area contributed by atoms with Crippen LogP contribution in [0, 0.1) is 11.6 Å². The Morgan fingerprint density at radius 2 is 1.61 bits per heavy atom. The molecule has 18 heavy (non-hydrogen) atoms. The average molecular weight is 285 g/mol. The van der Waals surface area contributed by atoms with Crippen LogP contribution in [0.4, 0.5) is 8.78 Å². The Morgan fingerprint density at radius 3 is 2.22 bits per heavy atom. The molecule has 0 saturated heterocycles. The molecule has 0 aliphatic carbocycles. The largest absolute Gasteiger partial charge is 0.276 e. The molecule has 92 valence electrons. The van der Waals surface area contributed by atoms with Crippen molar-refractivity contribution in [3.8, 4) is 0 Å². The molecule has 0 fully saturated rings. The zero-order valence-electron chi connectivity index (χ0n) is 8.99. The first-order valence-corrected chi connectivity index (χ1v) is 6.18. The summed E-state index contributed by atoms with van der Waals surface area (Å²) in [5, 5.41) is -0.723. The van der Waals surface area contributed by atoms with Gasteiger partial charge in [0, 0.05) is 9.79 Å². The minimum atomic E-state index is -0.723. The Hall–Kier alpha value is -1.39. The third-order valence-corrected chi connectivity index (χ3v) is 3.48. The van der Waals surface area contributed by atoms with Crippen LogP contribution in [0.2, 0.25) is 0 Å². The van der Waals surface area contributed by atoms with Crippen molar-refractivity contribution in [2.24, 2.45) is 0 Å². The van der Waals surface area contributed by atoms with E-state index in [1.54, 1.807) is 12.1 Å². The van der Waals surface area contributed by atoms with Crippen molar-refractivity contribution in [1.29, 1.82) is 0 Å². The average Bonchev–Trinajstić information content (AvgIpc) is 2.34. The van der Waals surface area contributed by atoms with E-state index in [9.17, 15) is 13.6 Å². The van der Waals surface area contributed by atoms with Gasteiger partial charge in [-0.3, -0.25) is 4.79 Å². The van der Waals surface area contributed by atoms with Gasteiger partial charge in [-0.2, -0.15) is 0 Å². The van der Waals surface area contributed by atoms with Crippen LogP contribution in [-0.4, -0.2) is 5.24 Å². The minimum Gasteiger partial charge on any atom is -0.276 e. The summed E-state index contributed by atoms with van der Waals surface area (Å²) < 4.78 is 25.8. The first kappa shape index (κ1) is 13.1. The van der Waals surface area contributed by atoms with E-state index < -0.39 is 11.1 Å². The lowest BCUT2D eigenvalue weighted by Gasteiger charge is -2.06. The number of carbonyl (C=O) groups excluding carboxylic acids is 1. The van der Waals surface area contributed by atoms with Crippen molar-refractivity contribution in [3.05, 3.63) is 59.7 Å². The monoisotopic (exact) mass is 284 g/mol. The molecule has 1 nitrogen and oxygen atoms in total. The van der Waals surface area contributed by atoms with E-state index in [4.69, 9.17) is 11.6 Å². The van der Waals surface area contributed by atoms with Gasteiger partial charge < -0.3 is 0 Å². The Bertz CT molecular complexity index is 584. The van der Waals surface area contributed by atoms with Crippen LogP contribution < -0.4 is 0 Å². The molecule has 0 unspecified atom stereocenters. The van der Waals surface area contributed by atoms with Crippen molar-refractivity contribution in [3.63, 3.8) is 0 Å². The third-order valence-electron chi connectivity index (χ3n) is 2.19. The van der Waals surface area contributed by atoms with Crippen LogP contribution in [0.5, 0.6) is 0 Å². The highest BCUT2D eigenvalue weighted by molar-refractivity contribution is 7.99. The highest BCUT2D eigenvalue weighted by atomic mass is 35.5. The van der Waals surface area contributed by atoms with Crippen molar-refractivity contribution in [2.75, 3.05) is 0 Å². The number of carbonyl (C=O) groups is 1. The molecule has 0 radical (unpaired) electrons. The molecule has 0 atom stereocenters. The summed E-state index contributed by atoms with van der Waals surface area (Å²) in [4.78, 5) is 12.5. The Balaban J connectivity index is 2.34. The zero-order valence-corrected chi connectivity index (χ0v) is 10.6. The number of hydrogen-bond donors (Lipinski definition) is 0. The van der Waals surface area contributed by atoms with E-state index >= 15 is 0 Å². The van der Waals surface area contributed by atoms with Crippen LogP contribution in [0.25, 0.3) is 0 Å². The fourth-order valence-electron chi connectivity index (χ4n) is 1.37. The van der Waals surface area contributed by atoms with Gasteiger partial charge in [0.15, 0.2) is 0 Å². The molecule has 2 aromatic rings. The van der Waals surface area contributed by atoms with E-state index in [2.05, 4.69) is 0 Å². The predicted octanol–water partition coefficient (Wildman–Crippen LogP) is 4.50. The smallest absolute Gasteiger partial charge is 0.253 e. The summed E-state index contributed by atoms with van der Waals surface area (Å²) in [6.45, 7) is 0. The van der Waals surface area contributed by atoms with Gasteiger partial charge >= 0.3 is 0 Å². The van der Waals surface area contributed by atoms with E-state index in [1.165, 1.54) is 36.0 Å². The molecular formula is C13H7ClF2OS. The number of hydrogen-bond acceptors (Lipinski definition) is 2. The van der Waals surface area contributed by atoms with Gasteiger partial charge in [-0.25, -0.2) is 8.78 Å². The van der Waals surface area contributed by atoms with Gasteiger partial charge in [-0.15, -0.1) is 0 Å². The fourth-order valence-corrected chi connectivity index (χ4v) is 2.51. The predicted molar refractivity (Wildman–Crippen MR) is 67.1 cm³/mol. The molecule has 0 saturated carbocycles. The second kappa shape index (κ2) is 5.50. The standard InChI is InChI=1S/C13H7ClF2OS/c14-13(17)11-7-9(16)3-6-12(11)18-10-4-1-8(15)2-5-10/h1-7H. The minimum absolute atomic E-state index is 0.103. The molecular weight excluding hydrogens is 278 g/mol. The quantitative estimate of drug-likeness (QED) is 0.772. The third kappa shape index (κ3) is 3.09. The second-order valence-electron chi connectivity index (χ2n) is 3.47. The maximum Gasteiger partial charge on any atom is 0.253 e. The maximum atomic E-state index is 13.0. The number of halogens is 3. The highest BCUT2D eigenvalue weighted by Crippen LogP contribution is 2.31. The Morgan fingerprint density at radius 1 is 1.00 bits per heavy atom. The molecule has 0 heterocycles. The summed E-state index contributed by atoms with van der Waals surface area (Å²) in [5.74, 6) is -0.866. The topological polar surface area (TPSA) is 17.1 Å². The van der Waals surface area contributed by atoms with Crippen molar-refractivity contribution in [1.82, 2.24) is 0 Å². The molecule has 2 aromatic carbocycles. The van der Waals surface area contributed by atoms with Gasteiger partial charge in [0.1, 0.15) is 11.6 Å². The van der Waals surface area contributed by atoms with E-state index in [0.717, 1.165) is 11.0 Å². The molecule has 0 bridgehead atoms. The maximum absolute atomic E-state index is 13.0.